The summed E-state index contributed by atoms with van der Waals surface area (Å²) in [6.07, 6.45) is 5.24. The van der Waals surface area contributed by atoms with E-state index in [1.54, 1.807) is 28.6 Å². The first-order valence-corrected chi connectivity index (χ1v) is 11.4. The van der Waals surface area contributed by atoms with Gasteiger partial charge in [-0.3, -0.25) is 4.79 Å². The van der Waals surface area contributed by atoms with Crippen molar-refractivity contribution in [2.24, 2.45) is 0 Å². The molecule has 1 fully saturated rings. The van der Waals surface area contributed by atoms with Crippen molar-refractivity contribution in [1.29, 1.82) is 0 Å². The zero-order valence-corrected chi connectivity index (χ0v) is 17.2. The summed E-state index contributed by atoms with van der Waals surface area (Å²) < 4.78 is 26.9. The van der Waals surface area contributed by atoms with Crippen LogP contribution in [-0.4, -0.2) is 31.7 Å². The maximum absolute atomic E-state index is 12.7. The number of nitrogens with one attached hydrogen (secondary N) is 1. The Morgan fingerprint density at radius 3 is 2.14 bits per heavy atom. The predicted molar refractivity (Wildman–Crippen MR) is 112 cm³/mol. The molecule has 0 spiro atoms. The first-order valence-electron chi connectivity index (χ1n) is 9.97. The Bertz CT molecular complexity index is 884. The molecule has 3 rings (SSSR count). The standard InChI is InChI=1S/C22H28N2O3S/c1-2-6-18-7-11-20(12-8-18)23-22(25)17-19-9-13-21(14-10-19)28(26,27)24-15-4-3-5-16-24/h7-14H,2-6,15-17H2,1H3,(H,23,25). The number of carbonyl (C=O) groups is 1. The van der Waals surface area contributed by atoms with E-state index in [4.69, 9.17) is 0 Å². The third-order valence-corrected chi connectivity index (χ3v) is 6.93. The summed E-state index contributed by atoms with van der Waals surface area (Å²) in [6.45, 7) is 3.31. The van der Waals surface area contributed by atoms with Crippen molar-refractivity contribution in [1.82, 2.24) is 4.31 Å². The summed E-state index contributed by atoms with van der Waals surface area (Å²) in [5.41, 5.74) is 2.82. The van der Waals surface area contributed by atoms with Crippen LogP contribution in [0.5, 0.6) is 0 Å². The molecule has 2 aromatic carbocycles. The quantitative estimate of drug-likeness (QED) is 0.764. The van der Waals surface area contributed by atoms with Gasteiger partial charge < -0.3 is 5.32 Å². The van der Waals surface area contributed by atoms with E-state index in [-0.39, 0.29) is 12.3 Å². The number of rotatable bonds is 7. The smallest absolute Gasteiger partial charge is 0.243 e. The fraction of sp³-hybridized carbons (Fsp3) is 0.409. The molecule has 1 saturated heterocycles. The molecule has 0 unspecified atom stereocenters. The summed E-state index contributed by atoms with van der Waals surface area (Å²) in [5.74, 6) is -0.116. The topological polar surface area (TPSA) is 66.5 Å². The average Bonchev–Trinajstić information content (AvgIpc) is 2.71. The van der Waals surface area contributed by atoms with Crippen molar-refractivity contribution in [3.63, 3.8) is 0 Å². The molecular weight excluding hydrogens is 372 g/mol. The Labute approximate surface area is 167 Å². The number of piperidine rings is 1. The molecule has 0 saturated carbocycles. The normalized spacial score (nSPS) is 15.3. The van der Waals surface area contributed by atoms with Gasteiger partial charge in [0.05, 0.1) is 11.3 Å². The summed E-state index contributed by atoms with van der Waals surface area (Å²) >= 11 is 0. The van der Waals surface area contributed by atoms with Crippen LogP contribution in [0.25, 0.3) is 0 Å². The van der Waals surface area contributed by atoms with Crippen molar-refractivity contribution in [3.05, 3.63) is 59.7 Å². The number of hydrogen-bond donors (Lipinski definition) is 1. The Morgan fingerprint density at radius 1 is 0.929 bits per heavy atom. The van der Waals surface area contributed by atoms with Gasteiger partial charge in [-0.15, -0.1) is 0 Å². The van der Waals surface area contributed by atoms with Gasteiger partial charge >= 0.3 is 0 Å². The van der Waals surface area contributed by atoms with Crippen molar-refractivity contribution in [2.75, 3.05) is 18.4 Å². The molecule has 1 aliphatic heterocycles. The number of nitrogens with zero attached hydrogens (tertiary/aromatic N) is 1. The van der Waals surface area contributed by atoms with Gasteiger partial charge in [0.2, 0.25) is 15.9 Å². The number of carbonyl (C=O) groups excluding carboxylic acids is 1. The van der Waals surface area contributed by atoms with Crippen molar-refractivity contribution in [3.8, 4) is 0 Å². The van der Waals surface area contributed by atoms with Gasteiger partial charge in [-0.05, 0) is 54.7 Å². The first kappa shape index (κ1) is 20.6. The third kappa shape index (κ3) is 5.20. The predicted octanol–water partition coefficient (Wildman–Crippen LogP) is 3.99. The minimum absolute atomic E-state index is 0.116. The largest absolute Gasteiger partial charge is 0.326 e. The number of amides is 1. The van der Waals surface area contributed by atoms with Crippen LogP contribution in [0.1, 0.15) is 43.7 Å². The summed E-state index contributed by atoms with van der Waals surface area (Å²) in [7, 11) is -3.43. The lowest BCUT2D eigenvalue weighted by Gasteiger charge is -2.25. The number of aryl methyl sites for hydroxylation is 1. The highest BCUT2D eigenvalue weighted by Gasteiger charge is 2.25. The van der Waals surface area contributed by atoms with E-state index in [0.717, 1.165) is 43.4 Å². The van der Waals surface area contributed by atoms with Crippen LogP contribution in [0.15, 0.2) is 53.4 Å². The van der Waals surface area contributed by atoms with Gasteiger partial charge in [-0.25, -0.2) is 8.42 Å². The van der Waals surface area contributed by atoms with Crippen molar-refractivity contribution < 1.29 is 13.2 Å². The summed E-state index contributed by atoms with van der Waals surface area (Å²) in [5, 5.41) is 2.89. The third-order valence-electron chi connectivity index (χ3n) is 5.02. The van der Waals surface area contributed by atoms with E-state index in [2.05, 4.69) is 12.2 Å². The molecule has 1 heterocycles. The Morgan fingerprint density at radius 2 is 1.54 bits per heavy atom. The molecule has 5 nitrogen and oxygen atoms in total. The Hall–Kier alpha value is -2.18. The highest BCUT2D eigenvalue weighted by Crippen LogP contribution is 2.21. The molecule has 28 heavy (non-hydrogen) atoms. The van der Waals surface area contributed by atoms with Crippen LogP contribution >= 0.6 is 0 Å². The van der Waals surface area contributed by atoms with Gasteiger partial charge in [0, 0.05) is 18.8 Å². The fourth-order valence-corrected chi connectivity index (χ4v) is 4.98. The number of sulfonamides is 1. The monoisotopic (exact) mass is 400 g/mol. The zero-order chi connectivity index (χ0) is 20.0. The SMILES string of the molecule is CCCc1ccc(NC(=O)Cc2ccc(S(=O)(=O)N3CCCCC3)cc2)cc1. The van der Waals surface area contributed by atoms with E-state index < -0.39 is 10.0 Å². The van der Waals surface area contributed by atoms with E-state index in [0.29, 0.717) is 18.0 Å². The molecule has 1 aliphatic rings. The molecule has 1 amide bonds. The lowest BCUT2D eigenvalue weighted by atomic mass is 10.1. The molecule has 0 atom stereocenters. The second-order valence-electron chi connectivity index (χ2n) is 7.28. The van der Waals surface area contributed by atoms with E-state index >= 15 is 0 Å². The maximum atomic E-state index is 12.7. The van der Waals surface area contributed by atoms with Crippen molar-refractivity contribution in [2.45, 2.75) is 50.3 Å². The van der Waals surface area contributed by atoms with E-state index in [9.17, 15) is 13.2 Å². The number of hydrogen-bond acceptors (Lipinski definition) is 3. The molecule has 150 valence electrons. The fourth-order valence-electron chi connectivity index (χ4n) is 3.47. The second-order valence-corrected chi connectivity index (χ2v) is 9.22. The minimum atomic E-state index is -3.43. The molecule has 6 heteroatoms. The minimum Gasteiger partial charge on any atom is -0.326 e. The van der Waals surface area contributed by atoms with E-state index in [1.165, 1.54) is 5.56 Å². The highest BCUT2D eigenvalue weighted by molar-refractivity contribution is 7.89. The highest BCUT2D eigenvalue weighted by atomic mass is 32.2. The van der Waals surface area contributed by atoms with Crippen LogP contribution < -0.4 is 5.32 Å². The first-order chi connectivity index (χ1) is 13.5. The lowest BCUT2D eigenvalue weighted by molar-refractivity contribution is -0.115. The van der Waals surface area contributed by atoms with Gasteiger partial charge in [-0.1, -0.05) is 44.0 Å². The average molecular weight is 401 g/mol. The summed E-state index contributed by atoms with van der Waals surface area (Å²) in [4.78, 5) is 12.6. The van der Waals surface area contributed by atoms with Crippen LogP contribution in [0.4, 0.5) is 5.69 Å². The number of anilines is 1. The Kier molecular flexibility index (Phi) is 6.86. The molecule has 0 aromatic heterocycles. The molecule has 0 bridgehead atoms. The van der Waals surface area contributed by atoms with Crippen LogP contribution in [-0.2, 0) is 27.7 Å². The van der Waals surface area contributed by atoms with Crippen LogP contribution in [0.2, 0.25) is 0 Å². The second kappa shape index (κ2) is 9.34. The van der Waals surface area contributed by atoms with Crippen LogP contribution in [0.3, 0.4) is 0 Å². The molecular formula is C22H28N2O3S. The van der Waals surface area contributed by atoms with Gasteiger partial charge in [0.15, 0.2) is 0 Å². The molecule has 2 aromatic rings. The van der Waals surface area contributed by atoms with E-state index in [1.807, 2.05) is 24.3 Å². The molecule has 1 N–H and O–H groups in total. The van der Waals surface area contributed by atoms with Crippen LogP contribution in [0, 0.1) is 0 Å². The van der Waals surface area contributed by atoms with Gasteiger partial charge in [-0.2, -0.15) is 4.31 Å². The summed E-state index contributed by atoms with van der Waals surface area (Å²) in [6, 6.07) is 14.5. The molecule has 0 radical (unpaired) electrons. The zero-order valence-electron chi connectivity index (χ0n) is 16.4. The number of benzene rings is 2. The van der Waals surface area contributed by atoms with Crippen molar-refractivity contribution >= 4 is 21.6 Å². The lowest BCUT2D eigenvalue weighted by Crippen LogP contribution is -2.35. The van der Waals surface area contributed by atoms with Gasteiger partial charge in [0.25, 0.3) is 0 Å². The Balaban J connectivity index is 1.59. The van der Waals surface area contributed by atoms with Gasteiger partial charge in [0.1, 0.15) is 0 Å². The maximum Gasteiger partial charge on any atom is 0.243 e. The molecule has 0 aliphatic carbocycles.